The van der Waals surface area contributed by atoms with Crippen LogP contribution in [0, 0.1) is 67.6 Å². The van der Waals surface area contributed by atoms with Crippen LogP contribution in [0.2, 0.25) is 0 Å². The van der Waals surface area contributed by atoms with Crippen LogP contribution in [0.25, 0.3) is 0 Å². The fourth-order valence-electron chi connectivity index (χ4n) is 7.38. The number of anilines is 1. The van der Waals surface area contributed by atoms with E-state index in [1.54, 1.807) is 0 Å². The number of hydrogen-bond acceptors (Lipinski definition) is 6. The van der Waals surface area contributed by atoms with Crippen molar-refractivity contribution < 1.29 is 9.85 Å². The van der Waals surface area contributed by atoms with Gasteiger partial charge in [-0.05, 0) is 48.0 Å². The zero-order chi connectivity index (χ0) is 17.9. The molecule has 1 N–H and O–H groups in total. The Labute approximate surface area is 161 Å². The molecule has 0 unspecified atom stereocenters. The Kier molecular flexibility index (Phi) is 2.78. The maximum Gasteiger partial charge on any atom is 0.301 e. The molecule has 6 aliphatic rings. The van der Waals surface area contributed by atoms with Crippen LogP contribution in [0.3, 0.4) is 0 Å². The van der Waals surface area contributed by atoms with E-state index in [0.717, 1.165) is 45.5 Å². The lowest BCUT2D eigenvalue weighted by Gasteiger charge is -2.32. The Morgan fingerprint density at radius 3 is 2.50 bits per heavy atom. The van der Waals surface area contributed by atoms with Crippen LogP contribution in [0.4, 0.5) is 17.1 Å². The van der Waals surface area contributed by atoms with Gasteiger partial charge in [0.25, 0.3) is 5.69 Å². The highest BCUT2D eigenvalue weighted by molar-refractivity contribution is 14.1. The number of nitrogens with zero attached hydrogens (tertiary/aromatic N) is 3. The summed E-state index contributed by atoms with van der Waals surface area (Å²) in [7, 11) is 0. The summed E-state index contributed by atoms with van der Waals surface area (Å²) in [6, 6.07) is 3.65. The number of halogens is 1. The summed E-state index contributed by atoms with van der Waals surface area (Å²) >= 11 is 2.65. The van der Waals surface area contributed by atoms with Gasteiger partial charge in [0.1, 0.15) is 5.69 Å². The van der Waals surface area contributed by atoms with Crippen molar-refractivity contribution in [3.05, 3.63) is 38.4 Å². The minimum Gasteiger partial charge on any atom is -0.272 e. The monoisotopic (exact) mass is 466 g/mol. The standard InChI is InChI=1S/C17H15IN4O4/c18-16-12-6-4-7-10(12)15-14(16)11(6)13(7)17(15)20-19-8-2-1-5(21(23)24)3-9(8)22(25)26/h1-3,6-7,10-16,19H,4H2/b20-17+/t6-,7-,10-,11-,12-,13-,14+,15-,16+/m0/s1. The molecule has 6 bridgehead atoms. The van der Waals surface area contributed by atoms with Crippen LogP contribution >= 0.6 is 22.6 Å². The second kappa shape index (κ2) is 4.73. The SMILES string of the molecule is O=[N+]([O-])c1ccc(N/N=C2/[C@H]3[C@H]4[C@@H]5C[C@@H]6[C@@H]4[C@@H](I)[C@@H]3[C@@H]6[C@@H]25)c([N+](=O)[O-])c1. The van der Waals surface area contributed by atoms with Gasteiger partial charge in [-0.25, -0.2) is 0 Å². The number of hydrogen-bond donors (Lipinski definition) is 1. The Balaban J connectivity index is 1.35. The highest BCUT2D eigenvalue weighted by Crippen LogP contribution is 2.82. The quantitative estimate of drug-likeness (QED) is 0.316. The minimum atomic E-state index is -0.626. The molecule has 9 atom stereocenters. The van der Waals surface area contributed by atoms with Gasteiger partial charge >= 0.3 is 5.69 Å². The van der Waals surface area contributed by atoms with Crippen molar-refractivity contribution in [2.75, 3.05) is 5.43 Å². The number of nitro groups is 2. The first kappa shape index (κ1) is 15.3. The van der Waals surface area contributed by atoms with Crippen molar-refractivity contribution in [2.24, 2.45) is 52.4 Å². The summed E-state index contributed by atoms with van der Waals surface area (Å²) in [5.74, 6) is 5.89. The van der Waals surface area contributed by atoms with Gasteiger partial charge in [0.2, 0.25) is 0 Å². The molecule has 0 spiro atoms. The zero-order valence-electron chi connectivity index (χ0n) is 13.5. The maximum absolute atomic E-state index is 11.3. The maximum atomic E-state index is 11.3. The molecule has 8 nitrogen and oxygen atoms in total. The van der Waals surface area contributed by atoms with Crippen LogP contribution in [0.1, 0.15) is 6.42 Å². The molecule has 134 valence electrons. The lowest BCUT2D eigenvalue weighted by molar-refractivity contribution is -0.393. The third-order valence-corrected chi connectivity index (χ3v) is 9.40. The number of nitrogens with one attached hydrogen (secondary N) is 1. The van der Waals surface area contributed by atoms with E-state index in [0.29, 0.717) is 11.8 Å². The topological polar surface area (TPSA) is 111 Å². The Hall–Kier alpha value is -1.78. The van der Waals surface area contributed by atoms with Gasteiger partial charge in [0.15, 0.2) is 0 Å². The molecular formula is C17H15IN4O4. The van der Waals surface area contributed by atoms with Crippen LogP contribution in [0.5, 0.6) is 0 Å². The predicted octanol–water partition coefficient (Wildman–Crippen LogP) is 3.46. The van der Waals surface area contributed by atoms with Crippen molar-refractivity contribution in [2.45, 2.75) is 10.3 Å². The first-order chi connectivity index (χ1) is 12.5. The lowest BCUT2D eigenvalue weighted by Crippen LogP contribution is -2.30. The highest BCUT2D eigenvalue weighted by atomic mass is 127. The average Bonchev–Trinajstić information content (AvgIpc) is 3.35. The van der Waals surface area contributed by atoms with E-state index in [2.05, 4.69) is 33.1 Å². The number of benzene rings is 1. The molecule has 0 saturated heterocycles. The Morgan fingerprint density at radius 1 is 1.04 bits per heavy atom. The first-order valence-electron chi connectivity index (χ1n) is 8.89. The Morgan fingerprint density at radius 2 is 1.81 bits per heavy atom. The van der Waals surface area contributed by atoms with Gasteiger partial charge in [0.05, 0.1) is 15.9 Å². The summed E-state index contributed by atoms with van der Waals surface area (Å²) in [5, 5.41) is 26.8. The smallest absolute Gasteiger partial charge is 0.272 e. The number of nitro benzene ring substituents is 2. The summed E-state index contributed by atoms with van der Waals surface area (Å²) in [6.07, 6.45) is 1.34. The number of non-ortho nitro benzene ring substituents is 1. The first-order valence-corrected chi connectivity index (χ1v) is 10.1. The molecule has 9 heteroatoms. The van der Waals surface area contributed by atoms with Gasteiger partial charge in [-0.2, -0.15) is 5.10 Å². The van der Waals surface area contributed by atoms with Crippen LogP contribution in [-0.4, -0.2) is 19.5 Å². The van der Waals surface area contributed by atoms with Crippen molar-refractivity contribution >= 4 is 45.4 Å². The normalized spacial score (nSPS) is 46.8. The van der Waals surface area contributed by atoms with Gasteiger partial charge in [-0.3, -0.25) is 25.7 Å². The van der Waals surface area contributed by atoms with Crippen molar-refractivity contribution in [3.8, 4) is 0 Å². The van der Waals surface area contributed by atoms with Crippen LogP contribution in [-0.2, 0) is 0 Å². The van der Waals surface area contributed by atoms with Gasteiger partial charge in [-0.15, -0.1) is 0 Å². The molecule has 6 fully saturated rings. The van der Waals surface area contributed by atoms with Gasteiger partial charge in [-0.1, -0.05) is 22.6 Å². The number of rotatable bonds is 4. The highest BCUT2D eigenvalue weighted by Gasteiger charge is 2.82. The molecule has 6 saturated carbocycles. The molecule has 7 rings (SSSR count). The number of hydrazone groups is 1. The Bertz CT molecular complexity index is 918. The van der Waals surface area contributed by atoms with Crippen LogP contribution < -0.4 is 5.43 Å². The van der Waals surface area contributed by atoms with E-state index in [1.807, 2.05) is 0 Å². The lowest BCUT2D eigenvalue weighted by atomic mass is 9.71. The molecule has 6 aliphatic carbocycles. The fourth-order valence-corrected chi connectivity index (χ4v) is 9.32. The summed E-state index contributed by atoms with van der Waals surface area (Å²) in [4.78, 5) is 20.9. The van der Waals surface area contributed by atoms with Crippen molar-refractivity contribution in [3.63, 3.8) is 0 Å². The minimum absolute atomic E-state index is 0.220. The van der Waals surface area contributed by atoms with Gasteiger partial charge < -0.3 is 0 Å². The van der Waals surface area contributed by atoms with Crippen molar-refractivity contribution in [1.29, 1.82) is 0 Å². The molecule has 1 aromatic carbocycles. The van der Waals surface area contributed by atoms with E-state index in [1.165, 1.54) is 24.3 Å². The molecule has 0 radical (unpaired) electrons. The van der Waals surface area contributed by atoms with E-state index in [4.69, 9.17) is 0 Å². The van der Waals surface area contributed by atoms with E-state index >= 15 is 0 Å². The fraction of sp³-hybridized carbons (Fsp3) is 0.588. The summed E-state index contributed by atoms with van der Waals surface area (Å²) in [6.45, 7) is 0. The largest absolute Gasteiger partial charge is 0.301 e. The molecule has 0 aliphatic heterocycles. The second-order valence-electron chi connectivity index (χ2n) is 8.23. The molecule has 26 heavy (non-hydrogen) atoms. The third kappa shape index (κ3) is 1.55. The number of alkyl halides is 1. The van der Waals surface area contributed by atoms with Crippen LogP contribution in [0.15, 0.2) is 23.3 Å². The zero-order valence-corrected chi connectivity index (χ0v) is 15.6. The molecule has 0 heterocycles. The third-order valence-electron chi connectivity index (χ3n) is 7.73. The predicted molar refractivity (Wildman–Crippen MR) is 101 cm³/mol. The summed E-state index contributed by atoms with van der Waals surface area (Å²) in [5.41, 5.74) is 3.72. The molecule has 1 aromatic rings. The molecule has 0 aromatic heterocycles. The van der Waals surface area contributed by atoms with Gasteiger partial charge in [0, 0.05) is 27.5 Å². The van der Waals surface area contributed by atoms with E-state index in [-0.39, 0.29) is 17.1 Å². The molecule has 0 amide bonds. The van der Waals surface area contributed by atoms with Crippen molar-refractivity contribution in [1.82, 2.24) is 0 Å². The van der Waals surface area contributed by atoms with E-state index in [9.17, 15) is 20.2 Å². The second-order valence-corrected chi connectivity index (χ2v) is 9.67. The molecular weight excluding hydrogens is 451 g/mol. The average molecular weight is 466 g/mol. The summed E-state index contributed by atoms with van der Waals surface area (Å²) < 4.78 is 0.758. The van der Waals surface area contributed by atoms with E-state index < -0.39 is 9.85 Å².